The molecule has 1 saturated heterocycles. The van der Waals surface area contributed by atoms with Crippen molar-refractivity contribution >= 4 is 40.5 Å². The van der Waals surface area contributed by atoms with Gasteiger partial charge in [-0.25, -0.2) is 0 Å². The minimum absolute atomic E-state index is 0.0965. The van der Waals surface area contributed by atoms with Crippen LogP contribution in [0.5, 0.6) is 0 Å². The van der Waals surface area contributed by atoms with Gasteiger partial charge in [-0.15, -0.1) is 0 Å². The second-order valence-corrected chi connectivity index (χ2v) is 7.82. The first-order chi connectivity index (χ1) is 13.4. The number of hydrogen-bond acceptors (Lipinski definition) is 3. The lowest BCUT2D eigenvalue weighted by atomic mass is 10.0. The first-order valence-electron chi connectivity index (χ1n) is 9.63. The van der Waals surface area contributed by atoms with Crippen molar-refractivity contribution in [3.8, 4) is 0 Å². The predicted molar refractivity (Wildman–Crippen MR) is 115 cm³/mol. The van der Waals surface area contributed by atoms with Crippen LogP contribution in [0.4, 0.5) is 17.1 Å². The van der Waals surface area contributed by atoms with Gasteiger partial charge in [-0.05, 0) is 49.1 Å². The molecular formula is C22H26ClN3O2. The van der Waals surface area contributed by atoms with E-state index in [1.54, 1.807) is 17.9 Å². The number of carbonyl (C=O) groups is 2. The van der Waals surface area contributed by atoms with Gasteiger partial charge < -0.3 is 15.5 Å². The third-order valence-electron chi connectivity index (χ3n) is 4.93. The van der Waals surface area contributed by atoms with Gasteiger partial charge in [0.15, 0.2) is 0 Å². The zero-order chi connectivity index (χ0) is 20.3. The number of halogens is 1. The normalized spacial score (nSPS) is 15.0. The maximum absolute atomic E-state index is 12.6. The Morgan fingerprint density at radius 1 is 1.14 bits per heavy atom. The minimum atomic E-state index is -0.449. The lowest BCUT2D eigenvalue weighted by Gasteiger charge is -2.20. The molecule has 6 heteroatoms. The number of anilines is 3. The van der Waals surface area contributed by atoms with E-state index in [1.807, 2.05) is 36.4 Å². The first-order valence-corrected chi connectivity index (χ1v) is 10.0. The molecule has 0 unspecified atom stereocenters. The first kappa shape index (κ1) is 20.2. The summed E-state index contributed by atoms with van der Waals surface area (Å²) in [7, 11) is 0. The van der Waals surface area contributed by atoms with Crippen LogP contribution in [0.3, 0.4) is 0 Å². The largest absolute Gasteiger partial charge is 0.374 e. The molecule has 0 aromatic heterocycles. The molecule has 1 atom stereocenters. The summed E-state index contributed by atoms with van der Waals surface area (Å²) in [6, 6.07) is 12.8. The van der Waals surface area contributed by atoms with E-state index in [-0.39, 0.29) is 11.8 Å². The van der Waals surface area contributed by atoms with E-state index in [4.69, 9.17) is 11.6 Å². The van der Waals surface area contributed by atoms with Crippen LogP contribution in [-0.2, 0) is 9.59 Å². The molecule has 148 valence electrons. The highest BCUT2D eigenvalue weighted by Gasteiger charge is 2.24. The number of nitrogens with one attached hydrogen (secondary N) is 2. The SMILES string of the molecule is CC(C)c1ccccc1NC(=O)[C@H](C)Nc1ccc(N2CCCC2=O)c(Cl)c1. The summed E-state index contributed by atoms with van der Waals surface area (Å²) in [5.74, 6) is 0.293. The number of benzene rings is 2. The number of hydrogen-bond donors (Lipinski definition) is 2. The minimum Gasteiger partial charge on any atom is -0.374 e. The Bertz CT molecular complexity index is 882. The second kappa shape index (κ2) is 8.65. The quantitative estimate of drug-likeness (QED) is 0.716. The lowest BCUT2D eigenvalue weighted by Crippen LogP contribution is -2.32. The van der Waals surface area contributed by atoms with Gasteiger partial charge in [0, 0.05) is 24.3 Å². The van der Waals surface area contributed by atoms with Crippen molar-refractivity contribution in [2.24, 2.45) is 0 Å². The number of carbonyl (C=O) groups excluding carboxylic acids is 2. The number of nitrogens with zero attached hydrogens (tertiary/aromatic N) is 1. The summed E-state index contributed by atoms with van der Waals surface area (Å²) < 4.78 is 0. The molecule has 2 aromatic carbocycles. The third-order valence-corrected chi connectivity index (χ3v) is 5.23. The van der Waals surface area contributed by atoms with E-state index in [0.717, 1.165) is 29.0 Å². The van der Waals surface area contributed by atoms with E-state index in [2.05, 4.69) is 24.5 Å². The molecule has 2 aromatic rings. The number of amides is 2. The van der Waals surface area contributed by atoms with Gasteiger partial charge in [0.05, 0.1) is 10.7 Å². The molecule has 1 fully saturated rings. The van der Waals surface area contributed by atoms with E-state index in [1.165, 1.54) is 0 Å². The van der Waals surface area contributed by atoms with E-state index in [0.29, 0.717) is 23.9 Å². The molecule has 28 heavy (non-hydrogen) atoms. The Balaban J connectivity index is 1.67. The van der Waals surface area contributed by atoms with Gasteiger partial charge in [0.25, 0.3) is 0 Å². The van der Waals surface area contributed by atoms with E-state index < -0.39 is 6.04 Å². The third kappa shape index (κ3) is 4.47. The van der Waals surface area contributed by atoms with E-state index in [9.17, 15) is 9.59 Å². The summed E-state index contributed by atoms with van der Waals surface area (Å²) >= 11 is 6.39. The Kier molecular flexibility index (Phi) is 6.25. The highest BCUT2D eigenvalue weighted by atomic mass is 35.5. The maximum Gasteiger partial charge on any atom is 0.246 e. The zero-order valence-electron chi connectivity index (χ0n) is 16.5. The molecule has 2 N–H and O–H groups in total. The van der Waals surface area contributed by atoms with Gasteiger partial charge >= 0.3 is 0 Å². The molecule has 2 amide bonds. The van der Waals surface area contributed by atoms with Crippen LogP contribution in [-0.4, -0.2) is 24.4 Å². The molecule has 0 bridgehead atoms. The number of rotatable bonds is 6. The summed E-state index contributed by atoms with van der Waals surface area (Å²) in [4.78, 5) is 26.3. The van der Waals surface area contributed by atoms with Crippen LogP contribution in [0.15, 0.2) is 42.5 Å². The molecular weight excluding hydrogens is 374 g/mol. The highest BCUT2D eigenvalue weighted by Crippen LogP contribution is 2.32. The maximum atomic E-state index is 12.6. The van der Waals surface area contributed by atoms with Gasteiger partial charge in [-0.2, -0.15) is 0 Å². The molecule has 0 saturated carbocycles. The van der Waals surface area contributed by atoms with Crippen LogP contribution >= 0.6 is 11.6 Å². The summed E-state index contributed by atoms with van der Waals surface area (Å²) in [6.45, 7) is 6.70. The van der Waals surface area contributed by atoms with Gasteiger partial charge in [-0.3, -0.25) is 9.59 Å². The van der Waals surface area contributed by atoms with Crippen LogP contribution in [0, 0.1) is 0 Å². The van der Waals surface area contributed by atoms with Crippen molar-refractivity contribution in [2.45, 2.75) is 45.6 Å². The Morgan fingerprint density at radius 2 is 1.89 bits per heavy atom. The van der Waals surface area contributed by atoms with Crippen molar-refractivity contribution in [3.63, 3.8) is 0 Å². The summed E-state index contributed by atoms with van der Waals surface area (Å²) in [5, 5.41) is 6.68. The fourth-order valence-electron chi connectivity index (χ4n) is 3.39. The average Bonchev–Trinajstić information content (AvgIpc) is 3.07. The fourth-order valence-corrected chi connectivity index (χ4v) is 3.67. The molecule has 1 aliphatic heterocycles. The Hall–Kier alpha value is -2.53. The molecule has 3 rings (SSSR count). The van der Waals surface area contributed by atoms with Crippen molar-refractivity contribution in [1.82, 2.24) is 0 Å². The van der Waals surface area contributed by atoms with Crippen molar-refractivity contribution in [3.05, 3.63) is 53.1 Å². The average molecular weight is 400 g/mol. The van der Waals surface area contributed by atoms with Crippen molar-refractivity contribution < 1.29 is 9.59 Å². The number of para-hydroxylation sites is 1. The van der Waals surface area contributed by atoms with Crippen LogP contribution in [0.25, 0.3) is 0 Å². The molecule has 0 aliphatic carbocycles. The summed E-state index contributed by atoms with van der Waals surface area (Å²) in [6.07, 6.45) is 1.41. The monoisotopic (exact) mass is 399 g/mol. The van der Waals surface area contributed by atoms with Crippen molar-refractivity contribution in [1.29, 1.82) is 0 Å². The lowest BCUT2D eigenvalue weighted by molar-refractivity contribution is -0.117. The van der Waals surface area contributed by atoms with Gasteiger partial charge in [0.1, 0.15) is 6.04 Å². The topological polar surface area (TPSA) is 61.4 Å². The van der Waals surface area contributed by atoms with E-state index >= 15 is 0 Å². The molecule has 1 aliphatic rings. The molecule has 0 spiro atoms. The highest BCUT2D eigenvalue weighted by molar-refractivity contribution is 6.34. The smallest absolute Gasteiger partial charge is 0.246 e. The van der Waals surface area contributed by atoms with Gasteiger partial charge in [0.2, 0.25) is 11.8 Å². The van der Waals surface area contributed by atoms with Crippen LogP contribution < -0.4 is 15.5 Å². The second-order valence-electron chi connectivity index (χ2n) is 7.41. The van der Waals surface area contributed by atoms with Crippen LogP contribution in [0.2, 0.25) is 5.02 Å². The molecule has 1 heterocycles. The van der Waals surface area contributed by atoms with Gasteiger partial charge in [-0.1, -0.05) is 43.6 Å². The fraction of sp³-hybridized carbons (Fsp3) is 0.364. The Labute approximate surface area is 171 Å². The zero-order valence-corrected chi connectivity index (χ0v) is 17.2. The Morgan fingerprint density at radius 3 is 2.54 bits per heavy atom. The summed E-state index contributed by atoms with van der Waals surface area (Å²) in [5.41, 5.74) is 3.39. The van der Waals surface area contributed by atoms with Crippen LogP contribution in [0.1, 0.15) is 45.1 Å². The predicted octanol–water partition coefficient (Wildman–Crippen LogP) is 5.03. The standard InChI is InChI=1S/C22H26ClN3O2/c1-14(2)17-7-4-5-8-19(17)25-22(28)15(3)24-16-10-11-20(18(23)13-16)26-12-6-9-21(26)27/h4-5,7-8,10-11,13-15,24H,6,9,12H2,1-3H3,(H,25,28)/t15-/m0/s1. The molecule has 0 radical (unpaired) electrons. The molecule has 5 nitrogen and oxygen atoms in total. The van der Waals surface area contributed by atoms with Crippen molar-refractivity contribution in [2.75, 3.05) is 22.1 Å².